The van der Waals surface area contributed by atoms with Crippen LogP contribution in [0.1, 0.15) is 31.2 Å². The predicted octanol–water partition coefficient (Wildman–Crippen LogP) is 3.21. The maximum Gasteiger partial charge on any atom is 0.224 e. The molecule has 1 aromatic carbocycles. The molecule has 1 fully saturated rings. The Kier molecular flexibility index (Phi) is 6.39. The van der Waals surface area contributed by atoms with Crippen molar-refractivity contribution in [3.05, 3.63) is 23.8 Å². The molecule has 4 nitrogen and oxygen atoms in total. The van der Waals surface area contributed by atoms with Crippen LogP contribution in [0.3, 0.4) is 0 Å². The van der Waals surface area contributed by atoms with Crippen LogP contribution in [0.2, 0.25) is 0 Å². The van der Waals surface area contributed by atoms with Crippen LogP contribution in [0.4, 0.5) is 11.4 Å². The molecule has 1 aliphatic heterocycles. The highest BCUT2D eigenvalue weighted by Gasteiger charge is 2.14. The molecular formula is C16H24N2O2S. The van der Waals surface area contributed by atoms with E-state index in [1.54, 1.807) is 0 Å². The standard InChI is InChI=1S/C16H24N2O2S/c1-12-14(17)4-2-5-15(12)18-16(19)6-3-11-21-13-7-9-20-10-8-13/h2,4-5,13H,3,6-11,17H2,1H3,(H,18,19). The van der Waals surface area contributed by atoms with Crippen molar-refractivity contribution in [2.45, 2.75) is 37.9 Å². The number of ether oxygens (including phenoxy) is 1. The second-order valence-electron chi connectivity index (χ2n) is 5.35. The number of nitrogens with one attached hydrogen (secondary N) is 1. The lowest BCUT2D eigenvalue weighted by Gasteiger charge is -2.21. The van der Waals surface area contributed by atoms with Crippen LogP contribution in [0.5, 0.6) is 0 Å². The molecule has 5 heteroatoms. The summed E-state index contributed by atoms with van der Waals surface area (Å²) in [6, 6.07) is 5.59. The zero-order valence-corrected chi connectivity index (χ0v) is 13.4. The first-order valence-electron chi connectivity index (χ1n) is 7.51. The molecule has 0 aromatic heterocycles. The van der Waals surface area contributed by atoms with Gasteiger partial charge in [0.15, 0.2) is 0 Å². The predicted molar refractivity (Wildman–Crippen MR) is 89.8 cm³/mol. The van der Waals surface area contributed by atoms with Crippen molar-refractivity contribution in [3.63, 3.8) is 0 Å². The normalized spacial score (nSPS) is 15.9. The molecule has 3 N–H and O–H groups in total. The molecule has 21 heavy (non-hydrogen) atoms. The lowest BCUT2D eigenvalue weighted by Crippen LogP contribution is -2.18. The van der Waals surface area contributed by atoms with E-state index in [4.69, 9.17) is 10.5 Å². The fourth-order valence-corrected chi connectivity index (χ4v) is 3.50. The van der Waals surface area contributed by atoms with Gasteiger partial charge >= 0.3 is 0 Å². The molecule has 1 aromatic rings. The van der Waals surface area contributed by atoms with E-state index in [0.717, 1.165) is 49.5 Å². The van der Waals surface area contributed by atoms with Crippen LogP contribution in [0.25, 0.3) is 0 Å². The SMILES string of the molecule is Cc1c(N)cccc1NC(=O)CCCSC1CCOCC1. The minimum atomic E-state index is 0.0660. The largest absolute Gasteiger partial charge is 0.398 e. The molecule has 0 unspecified atom stereocenters. The Hall–Kier alpha value is -1.20. The molecular weight excluding hydrogens is 284 g/mol. The van der Waals surface area contributed by atoms with E-state index < -0.39 is 0 Å². The zero-order valence-electron chi connectivity index (χ0n) is 12.6. The summed E-state index contributed by atoms with van der Waals surface area (Å²) < 4.78 is 5.34. The van der Waals surface area contributed by atoms with Gasteiger partial charge in [0, 0.05) is 36.3 Å². The number of carbonyl (C=O) groups excluding carboxylic acids is 1. The van der Waals surface area contributed by atoms with Gasteiger partial charge < -0.3 is 15.8 Å². The van der Waals surface area contributed by atoms with Crippen LogP contribution in [0.15, 0.2) is 18.2 Å². The number of benzene rings is 1. The van der Waals surface area contributed by atoms with Gasteiger partial charge in [0.1, 0.15) is 0 Å². The summed E-state index contributed by atoms with van der Waals surface area (Å²) in [6.45, 7) is 3.69. The molecule has 116 valence electrons. The smallest absolute Gasteiger partial charge is 0.224 e. The topological polar surface area (TPSA) is 64.3 Å². The Balaban J connectivity index is 1.66. The molecule has 1 aliphatic rings. The highest BCUT2D eigenvalue weighted by atomic mass is 32.2. The number of rotatable bonds is 6. The van der Waals surface area contributed by atoms with E-state index in [1.165, 1.54) is 0 Å². The molecule has 1 heterocycles. The van der Waals surface area contributed by atoms with Crippen LogP contribution < -0.4 is 11.1 Å². The van der Waals surface area contributed by atoms with Gasteiger partial charge in [-0.15, -0.1) is 0 Å². The Labute approximate surface area is 130 Å². The minimum absolute atomic E-state index is 0.0660. The molecule has 0 radical (unpaired) electrons. The first-order valence-corrected chi connectivity index (χ1v) is 8.56. The lowest BCUT2D eigenvalue weighted by molar-refractivity contribution is -0.116. The van der Waals surface area contributed by atoms with E-state index >= 15 is 0 Å². The van der Waals surface area contributed by atoms with Crippen molar-refractivity contribution in [2.75, 3.05) is 30.0 Å². The van der Waals surface area contributed by atoms with Gasteiger partial charge in [-0.05, 0) is 49.6 Å². The summed E-state index contributed by atoms with van der Waals surface area (Å²) in [4.78, 5) is 11.9. The van der Waals surface area contributed by atoms with E-state index in [2.05, 4.69) is 5.32 Å². The van der Waals surface area contributed by atoms with Gasteiger partial charge in [0.25, 0.3) is 0 Å². The minimum Gasteiger partial charge on any atom is -0.398 e. The Bertz CT molecular complexity index is 473. The first kappa shape index (κ1) is 16.2. The van der Waals surface area contributed by atoms with Crippen molar-refractivity contribution >= 4 is 29.0 Å². The fourth-order valence-electron chi connectivity index (χ4n) is 2.33. The van der Waals surface area contributed by atoms with Crippen LogP contribution in [-0.4, -0.2) is 30.1 Å². The van der Waals surface area contributed by atoms with Crippen molar-refractivity contribution in [3.8, 4) is 0 Å². The molecule has 0 aliphatic carbocycles. The van der Waals surface area contributed by atoms with Gasteiger partial charge in [-0.3, -0.25) is 4.79 Å². The summed E-state index contributed by atoms with van der Waals surface area (Å²) in [6.07, 6.45) is 3.75. The number of nitrogens with two attached hydrogens (primary N) is 1. The molecule has 0 spiro atoms. The van der Waals surface area contributed by atoms with Crippen molar-refractivity contribution in [2.24, 2.45) is 0 Å². The van der Waals surface area contributed by atoms with Crippen LogP contribution in [-0.2, 0) is 9.53 Å². The molecule has 2 rings (SSSR count). The summed E-state index contributed by atoms with van der Waals surface area (Å²) in [7, 11) is 0. The van der Waals surface area contributed by atoms with Crippen molar-refractivity contribution in [1.29, 1.82) is 0 Å². The summed E-state index contributed by atoms with van der Waals surface area (Å²) in [5.74, 6) is 1.10. The highest BCUT2D eigenvalue weighted by Crippen LogP contribution is 2.23. The van der Waals surface area contributed by atoms with Crippen LogP contribution in [0, 0.1) is 6.92 Å². The van der Waals surface area contributed by atoms with E-state index in [0.29, 0.717) is 17.4 Å². The molecule has 0 bridgehead atoms. The van der Waals surface area contributed by atoms with Crippen molar-refractivity contribution < 1.29 is 9.53 Å². The van der Waals surface area contributed by atoms with Gasteiger partial charge in [0.05, 0.1) is 0 Å². The maximum atomic E-state index is 11.9. The Morgan fingerprint density at radius 1 is 1.43 bits per heavy atom. The monoisotopic (exact) mass is 308 g/mol. The first-order chi connectivity index (χ1) is 10.2. The zero-order chi connectivity index (χ0) is 15.1. The molecule has 1 saturated heterocycles. The van der Waals surface area contributed by atoms with E-state index in [1.807, 2.05) is 36.9 Å². The van der Waals surface area contributed by atoms with Gasteiger partial charge in [-0.2, -0.15) is 11.8 Å². The summed E-state index contributed by atoms with van der Waals surface area (Å²) >= 11 is 1.97. The fraction of sp³-hybridized carbons (Fsp3) is 0.562. The Morgan fingerprint density at radius 3 is 2.95 bits per heavy atom. The number of carbonyl (C=O) groups is 1. The second kappa shape index (κ2) is 8.29. The average molecular weight is 308 g/mol. The van der Waals surface area contributed by atoms with Gasteiger partial charge in [-0.25, -0.2) is 0 Å². The number of hydrogen-bond donors (Lipinski definition) is 2. The van der Waals surface area contributed by atoms with Crippen LogP contribution >= 0.6 is 11.8 Å². The maximum absolute atomic E-state index is 11.9. The van der Waals surface area contributed by atoms with Crippen molar-refractivity contribution in [1.82, 2.24) is 0 Å². The number of anilines is 2. The third-order valence-electron chi connectivity index (χ3n) is 3.72. The third kappa shape index (κ3) is 5.25. The third-order valence-corrected chi connectivity index (χ3v) is 5.19. The Morgan fingerprint density at radius 2 is 2.19 bits per heavy atom. The number of hydrogen-bond acceptors (Lipinski definition) is 4. The van der Waals surface area contributed by atoms with E-state index in [-0.39, 0.29) is 5.91 Å². The summed E-state index contributed by atoms with van der Waals surface area (Å²) in [5.41, 5.74) is 8.30. The van der Waals surface area contributed by atoms with Gasteiger partial charge in [0.2, 0.25) is 5.91 Å². The van der Waals surface area contributed by atoms with E-state index in [9.17, 15) is 4.79 Å². The molecule has 1 amide bonds. The second-order valence-corrected chi connectivity index (χ2v) is 6.76. The van der Waals surface area contributed by atoms with Gasteiger partial charge in [-0.1, -0.05) is 6.07 Å². The molecule has 0 saturated carbocycles. The quantitative estimate of drug-likeness (QED) is 0.625. The number of amides is 1. The average Bonchev–Trinajstić information content (AvgIpc) is 2.49. The molecule has 0 atom stereocenters. The summed E-state index contributed by atoms with van der Waals surface area (Å²) in [5, 5.41) is 3.65. The number of nitrogen functional groups attached to an aromatic ring is 1. The number of thioether (sulfide) groups is 1. The lowest BCUT2D eigenvalue weighted by atomic mass is 10.1. The highest BCUT2D eigenvalue weighted by molar-refractivity contribution is 7.99.